The van der Waals surface area contributed by atoms with E-state index in [0.29, 0.717) is 11.4 Å². The molecule has 10 heteroatoms. The maximum atomic E-state index is 12.6. The van der Waals surface area contributed by atoms with Crippen molar-refractivity contribution in [2.75, 3.05) is 5.32 Å². The fourth-order valence-electron chi connectivity index (χ4n) is 2.97. The molecule has 8 nitrogen and oxygen atoms in total. The zero-order valence-corrected chi connectivity index (χ0v) is 18.0. The molecule has 0 unspecified atom stereocenters. The standard InChI is InChI=1S/C22H15N3O5S2/c26-20(16-3-1-2-4-17(16)21(27)28)23-14-7-10-18-19(11-14)32-22(24-18)31-12-13-5-8-15(9-6-13)25(29)30/h1-11H,12H2,(H,23,26)(H,27,28). The second kappa shape index (κ2) is 9.16. The van der Waals surface area contributed by atoms with E-state index in [1.165, 1.54) is 47.4 Å². The molecule has 1 aromatic heterocycles. The van der Waals surface area contributed by atoms with Crippen LogP contribution in [0.2, 0.25) is 0 Å². The maximum Gasteiger partial charge on any atom is 0.336 e. The fourth-order valence-corrected chi connectivity index (χ4v) is 5.03. The van der Waals surface area contributed by atoms with Gasteiger partial charge in [0.25, 0.3) is 11.6 Å². The molecule has 0 aliphatic heterocycles. The molecule has 1 heterocycles. The summed E-state index contributed by atoms with van der Waals surface area (Å²) in [5.41, 5.74) is 2.35. The van der Waals surface area contributed by atoms with Crippen LogP contribution in [0.25, 0.3) is 10.2 Å². The molecule has 0 atom stereocenters. The van der Waals surface area contributed by atoms with Crippen molar-refractivity contribution < 1.29 is 19.6 Å². The van der Waals surface area contributed by atoms with Crippen molar-refractivity contribution >= 4 is 56.6 Å². The largest absolute Gasteiger partial charge is 0.478 e. The minimum Gasteiger partial charge on any atom is -0.478 e. The highest BCUT2D eigenvalue weighted by Gasteiger charge is 2.16. The summed E-state index contributed by atoms with van der Waals surface area (Å²) in [5.74, 6) is -1.05. The lowest BCUT2D eigenvalue weighted by molar-refractivity contribution is -0.384. The average Bonchev–Trinajstić information content (AvgIpc) is 3.20. The van der Waals surface area contributed by atoms with Gasteiger partial charge in [-0.15, -0.1) is 11.3 Å². The van der Waals surface area contributed by atoms with Crippen LogP contribution >= 0.6 is 23.1 Å². The van der Waals surface area contributed by atoms with Crippen LogP contribution in [0.4, 0.5) is 11.4 Å². The number of non-ortho nitro benzene ring substituents is 1. The van der Waals surface area contributed by atoms with Gasteiger partial charge < -0.3 is 10.4 Å². The average molecular weight is 466 g/mol. The van der Waals surface area contributed by atoms with Gasteiger partial charge in [-0.1, -0.05) is 36.0 Å². The van der Waals surface area contributed by atoms with Crippen LogP contribution in [0.1, 0.15) is 26.3 Å². The molecule has 32 heavy (non-hydrogen) atoms. The second-order valence-corrected chi connectivity index (χ2v) is 8.93. The zero-order valence-electron chi connectivity index (χ0n) is 16.3. The quantitative estimate of drug-likeness (QED) is 0.211. The molecular formula is C22H15N3O5S2. The Balaban J connectivity index is 1.46. The number of nitro groups is 1. The Hall–Kier alpha value is -3.76. The number of rotatable bonds is 7. The Labute approximate surface area is 190 Å². The van der Waals surface area contributed by atoms with Crippen LogP contribution in [0, 0.1) is 10.1 Å². The van der Waals surface area contributed by atoms with Crippen LogP contribution < -0.4 is 5.32 Å². The van der Waals surface area contributed by atoms with Crippen molar-refractivity contribution in [2.24, 2.45) is 0 Å². The summed E-state index contributed by atoms with van der Waals surface area (Å²) in [6.07, 6.45) is 0. The summed E-state index contributed by atoms with van der Waals surface area (Å²) in [5, 5.41) is 22.8. The van der Waals surface area contributed by atoms with E-state index in [9.17, 15) is 24.8 Å². The van der Waals surface area contributed by atoms with E-state index in [1.54, 1.807) is 42.5 Å². The predicted molar refractivity (Wildman–Crippen MR) is 124 cm³/mol. The number of anilines is 1. The molecule has 4 aromatic rings. The van der Waals surface area contributed by atoms with Crippen molar-refractivity contribution in [1.29, 1.82) is 0 Å². The smallest absolute Gasteiger partial charge is 0.336 e. The summed E-state index contributed by atoms with van der Waals surface area (Å²) in [7, 11) is 0. The van der Waals surface area contributed by atoms with Gasteiger partial charge in [0.15, 0.2) is 4.34 Å². The van der Waals surface area contributed by atoms with Gasteiger partial charge in [-0.3, -0.25) is 14.9 Å². The van der Waals surface area contributed by atoms with Gasteiger partial charge in [0, 0.05) is 23.6 Å². The van der Waals surface area contributed by atoms with E-state index >= 15 is 0 Å². The van der Waals surface area contributed by atoms with Crippen molar-refractivity contribution in [3.63, 3.8) is 0 Å². The van der Waals surface area contributed by atoms with Gasteiger partial charge in [0.2, 0.25) is 0 Å². The molecule has 0 bridgehead atoms. The number of amides is 1. The monoisotopic (exact) mass is 465 g/mol. The zero-order chi connectivity index (χ0) is 22.7. The van der Waals surface area contributed by atoms with Crippen molar-refractivity contribution in [1.82, 2.24) is 4.98 Å². The molecule has 2 N–H and O–H groups in total. The lowest BCUT2D eigenvalue weighted by Crippen LogP contribution is -2.16. The van der Waals surface area contributed by atoms with Crippen LogP contribution in [-0.4, -0.2) is 26.9 Å². The Kier molecular flexibility index (Phi) is 6.15. The number of thioether (sulfide) groups is 1. The van der Waals surface area contributed by atoms with E-state index in [0.717, 1.165) is 20.1 Å². The number of nitro benzene ring substituents is 1. The molecule has 0 aliphatic carbocycles. The molecule has 0 spiro atoms. The summed E-state index contributed by atoms with van der Waals surface area (Å²) in [4.78, 5) is 38.8. The lowest BCUT2D eigenvalue weighted by atomic mass is 10.1. The van der Waals surface area contributed by atoms with E-state index in [4.69, 9.17) is 0 Å². The number of carbonyl (C=O) groups excluding carboxylic acids is 1. The molecule has 0 aliphatic rings. The van der Waals surface area contributed by atoms with Gasteiger partial charge in [0.05, 0.1) is 26.3 Å². The number of hydrogen-bond acceptors (Lipinski definition) is 7. The van der Waals surface area contributed by atoms with Gasteiger partial charge in [-0.05, 0) is 35.9 Å². The Morgan fingerprint density at radius 2 is 1.78 bits per heavy atom. The molecule has 1 amide bonds. The molecule has 160 valence electrons. The molecular weight excluding hydrogens is 450 g/mol. The normalized spacial score (nSPS) is 10.8. The fraction of sp³-hybridized carbons (Fsp3) is 0.0455. The van der Waals surface area contributed by atoms with Gasteiger partial charge >= 0.3 is 5.97 Å². The molecule has 3 aromatic carbocycles. The first kappa shape index (κ1) is 21.5. The first-order valence-corrected chi connectivity index (χ1v) is 11.1. The topological polar surface area (TPSA) is 122 Å². The Bertz CT molecular complexity index is 1340. The third-order valence-electron chi connectivity index (χ3n) is 4.54. The van der Waals surface area contributed by atoms with Gasteiger partial charge in [0.1, 0.15) is 0 Å². The number of carboxylic acid groups (broad SMARTS) is 1. The summed E-state index contributed by atoms with van der Waals surface area (Å²) >= 11 is 2.99. The summed E-state index contributed by atoms with van der Waals surface area (Å²) in [6.45, 7) is 0. The number of fused-ring (bicyclic) bond motifs is 1. The van der Waals surface area contributed by atoms with Gasteiger partial charge in [-0.25, -0.2) is 9.78 Å². The first-order chi connectivity index (χ1) is 15.4. The van der Waals surface area contributed by atoms with Crippen molar-refractivity contribution in [2.45, 2.75) is 10.1 Å². The number of nitrogens with one attached hydrogen (secondary N) is 1. The van der Waals surface area contributed by atoms with E-state index < -0.39 is 16.8 Å². The van der Waals surface area contributed by atoms with E-state index in [1.807, 2.05) is 0 Å². The number of aromatic carboxylic acids is 1. The molecule has 0 fully saturated rings. The SMILES string of the molecule is O=C(O)c1ccccc1C(=O)Nc1ccc2nc(SCc3ccc([N+](=O)[O-])cc3)sc2c1. The minimum atomic E-state index is -1.16. The van der Waals surface area contributed by atoms with Crippen molar-refractivity contribution in [3.8, 4) is 0 Å². The maximum absolute atomic E-state index is 12.6. The molecule has 0 saturated carbocycles. The van der Waals surface area contributed by atoms with Gasteiger partial charge in [-0.2, -0.15) is 0 Å². The van der Waals surface area contributed by atoms with Crippen molar-refractivity contribution in [3.05, 3.63) is 93.5 Å². The number of benzene rings is 3. The highest BCUT2D eigenvalue weighted by atomic mass is 32.2. The summed E-state index contributed by atoms with van der Waals surface area (Å²) in [6, 6.07) is 17.7. The predicted octanol–water partition coefficient (Wildman–Crippen LogP) is 5.45. The number of carbonyl (C=O) groups is 2. The second-order valence-electron chi connectivity index (χ2n) is 6.68. The molecule has 4 rings (SSSR count). The Morgan fingerprint density at radius 1 is 1.06 bits per heavy atom. The number of nitrogens with zero attached hydrogens (tertiary/aromatic N) is 2. The Morgan fingerprint density at radius 3 is 2.47 bits per heavy atom. The van der Waals surface area contributed by atoms with Crippen LogP contribution in [0.15, 0.2) is 71.1 Å². The molecule has 0 saturated heterocycles. The minimum absolute atomic E-state index is 0.0549. The number of thiazole rings is 1. The molecule has 0 radical (unpaired) electrons. The van der Waals surface area contributed by atoms with Crippen LogP contribution in [0.5, 0.6) is 0 Å². The van der Waals surface area contributed by atoms with E-state index in [-0.39, 0.29) is 16.8 Å². The third-order valence-corrected chi connectivity index (χ3v) is 6.77. The highest BCUT2D eigenvalue weighted by molar-refractivity contribution is 8.00. The summed E-state index contributed by atoms with van der Waals surface area (Å²) < 4.78 is 1.71. The van der Waals surface area contributed by atoms with Crippen LogP contribution in [0.3, 0.4) is 0 Å². The van der Waals surface area contributed by atoms with Crippen LogP contribution in [-0.2, 0) is 5.75 Å². The first-order valence-electron chi connectivity index (χ1n) is 9.31. The highest BCUT2D eigenvalue weighted by Crippen LogP contribution is 2.33. The number of carboxylic acids is 1. The number of hydrogen-bond donors (Lipinski definition) is 2. The lowest BCUT2D eigenvalue weighted by Gasteiger charge is -2.07. The number of aromatic nitrogens is 1. The van der Waals surface area contributed by atoms with E-state index in [2.05, 4.69) is 10.3 Å². The third kappa shape index (κ3) is 4.76.